The Morgan fingerprint density at radius 3 is 2.26 bits per heavy atom. The zero-order valence-corrected chi connectivity index (χ0v) is 11.3. The molecular weight excluding hydrogens is 250 g/mol. The highest BCUT2D eigenvalue weighted by atomic mass is 16.4. The summed E-state index contributed by atoms with van der Waals surface area (Å²) in [4.78, 5) is 33.6. The summed E-state index contributed by atoms with van der Waals surface area (Å²) in [6.07, 6.45) is 2.04. The van der Waals surface area contributed by atoms with Crippen molar-refractivity contribution >= 4 is 17.9 Å². The molecule has 0 saturated heterocycles. The predicted octanol–water partition coefficient (Wildman–Crippen LogP) is 0.195. The van der Waals surface area contributed by atoms with Gasteiger partial charge in [-0.2, -0.15) is 0 Å². The molecule has 7 nitrogen and oxygen atoms in total. The van der Waals surface area contributed by atoms with Gasteiger partial charge in [0, 0.05) is 18.5 Å². The second-order valence-corrected chi connectivity index (χ2v) is 5.77. The molecule has 0 bridgehead atoms. The van der Waals surface area contributed by atoms with Crippen molar-refractivity contribution in [1.82, 2.24) is 10.6 Å². The van der Waals surface area contributed by atoms with Gasteiger partial charge in [0.05, 0.1) is 5.41 Å². The van der Waals surface area contributed by atoms with Gasteiger partial charge in [0.2, 0.25) is 5.91 Å². The molecule has 0 spiro atoms. The number of rotatable bonds is 6. The molecular formula is C12H21N3O4. The minimum Gasteiger partial charge on any atom is -0.481 e. The molecule has 3 amide bonds. The van der Waals surface area contributed by atoms with Gasteiger partial charge < -0.3 is 21.5 Å². The number of carboxylic acid groups (broad SMARTS) is 1. The number of carbonyl (C=O) groups excluding carboxylic acids is 2. The summed E-state index contributed by atoms with van der Waals surface area (Å²) in [6, 6.07) is -0.487. The van der Waals surface area contributed by atoms with Crippen molar-refractivity contribution in [3.63, 3.8) is 0 Å². The van der Waals surface area contributed by atoms with E-state index in [0.717, 1.165) is 6.42 Å². The van der Waals surface area contributed by atoms with Crippen LogP contribution in [0.4, 0.5) is 4.79 Å². The van der Waals surface area contributed by atoms with E-state index in [1.165, 1.54) is 0 Å². The summed E-state index contributed by atoms with van der Waals surface area (Å²) in [5.74, 6) is -1.39. The molecule has 1 saturated carbocycles. The van der Waals surface area contributed by atoms with E-state index >= 15 is 0 Å². The minimum atomic E-state index is -0.879. The molecule has 0 aromatic carbocycles. The lowest BCUT2D eigenvalue weighted by Gasteiger charge is -2.38. The Kier molecular flexibility index (Phi) is 4.39. The highest BCUT2D eigenvalue weighted by Crippen LogP contribution is 2.40. The highest BCUT2D eigenvalue weighted by Gasteiger charge is 2.44. The van der Waals surface area contributed by atoms with Gasteiger partial charge >= 0.3 is 12.0 Å². The van der Waals surface area contributed by atoms with Gasteiger partial charge in [-0.25, -0.2) is 4.79 Å². The van der Waals surface area contributed by atoms with Crippen LogP contribution >= 0.6 is 0 Å². The number of hydrogen-bond donors (Lipinski definition) is 4. The first-order valence-electron chi connectivity index (χ1n) is 6.25. The summed E-state index contributed by atoms with van der Waals surface area (Å²) in [5, 5.41) is 14.3. The van der Waals surface area contributed by atoms with E-state index < -0.39 is 28.9 Å². The predicted molar refractivity (Wildman–Crippen MR) is 68.3 cm³/mol. The van der Waals surface area contributed by atoms with E-state index in [4.69, 9.17) is 10.8 Å². The first-order valence-corrected chi connectivity index (χ1v) is 6.25. The largest absolute Gasteiger partial charge is 0.481 e. The van der Waals surface area contributed by atoms with Gasteiger partial charge in [0.15, 0.2) is 0 Å². The van der Waals surface area contributed by atoms with Crippen molar-refractivity contribution in [2.24, 2.45) is 11.1 Å². The fourth-order valence-electron chi connectivity index (χ4n) is 2.15. The van der Waals surface area contributed by atoms with Crippen LogP contribution < -0.4 is 16.4 Å². The average molecular weight is 271 g/mol. The lowest BCUT2D eigenvalue weighted by atomic mass is 9.69. The molecule has 0 atom stereocenters. The van der Waals surface area contributed by atoms with E-state index in [1.54, 1.807) is 13.8 Å². The Balaban J connectivity index is 2.43. The molecule has 108 valence electrons. The van der Waals surface area contributed by atoms with Gasteiger partial charge in [-0.3, -0.25) is 9.59 Å². The quantitative estimate of drug-likeness (QED) is 0.551. The summed E-state index contributed by atoms with van der Waals surface area (Å²) in [6.45, 7) is 3.45. The third kappa shape index (κ3) is 4.11. The van der Waals surface area contributed by atoms with Crippen LogP contribution in [0.5, 0.6) is 0 Å². The maximum absolute atomic E-state index is 11.7. The maximum atomic E-state index is 11.7. The summed E-state index contributed by atoms with van der Waals surface area (Å²) in [7, 11) is 0. The fraction of sp³-hybridized carbons (Fsp3) is 0.750. The highest BCUT2D eigenvalue weighted by molar-refractivity contribution is 5.80. The Morgan fingerprint density at radius 1 is 1.32 bits per heavy atom. The summed E-state index contributed by atoms with van der Waals surface area (Å²) >= 11 is 0. The fourth-order valence-corrected chi connectivity index (χ4v) is 2.15. The summed E-state index contributed by atoms with van der Waals surface area (Å²) < 4.78 is 0. The van der Waals surface area contributed by atoms with Crippen molar-refractivity contribution in [1.29, 1.82) is 0 Å². The molecule has 19 heavy (non-hydrogen) atoms. The number of amides is 3. The molecule has 1 fully saturated rings. The molecule has 5 N–H and O–H groups in total. The minimum absolute atomic E-state index is 0.0183. The molecule has 1 aliphatic carbocycles. The molecule has 0 radical (unpaired) electrons. The van der Waals surface area contributed by atoms with Crippen molar-refractivity contribution in [2.45, 2.75) is 45.1 Å². The number of aliphatic carboxylic acids is 1. The second-order valence-electron chi connectivity index (χ2n) is 5.77. The SMILES string of the molecule is CC(C)(CC(N)=O)NC(=O)NCC1(C(=O)O)CCC1. The van der Waals surface area contributed by atoms with Crippen LogP contribution in [0, 0.1) is 5.41 Å². The zero-order chi connectivity index (χ0) is 14.7. The zero-order valence-electron chi connectivity index (χ0n) is 11.3. The number of carbonyl (C=O) groups is 3. The molecule has 0 heterocycles. The normalized spacial score (nSPS) is 17.2. The Bertz CT molecular complexity index is 388. The molecule has 1 rings (SSSR count). The van der Waals surface area contributed by atoms with Crippen molar-refractivity contribution in [3.8, 4) is 0 Å². The average Bonchev–Trinajstić information content (AvgIpc) is 2.11. The number of primary amides is 1. The van der Waals surface area contributed by atoms with Crippen LogP contribution in [-0.4, -0.2) is 35.1 Å². The Hall–Kier alpha value is -1.79. The van der Waals surface area contributed by atoms with E-state index in [1.807, 2.05) is 0 Å². The van der Waals surface area contributed by atoms with Gasteiger partial charge in [-0.05, 0) is 26.7 Å². The van der Waals surface area contributed by atoms with E-state index in [0.29, 0.717) is 12.8 Å². The third-order valence-electron chi connectivity index (χ3n) is 3.42. The van der Waals surface area contributed by atoms with Crippen LogP contribution in [0.3, 0.4) is 0 Å². The lowest BCUT2D eigenvalue weighted by molar-refractivity contribution is -0.153. The monoisotopic (exact) mass is 271 g/mol. The molecule has 0 aromatic heterocycles. The van der Waals surface area contributed by atoms with Gasteiger partial charge in [0.25, 0.3) is 0 Å². The number of urea groups is 1. The maximum Gasteiger partial charge on any atom is 0.315 e. The number of nitrogens with two attached hydrogens (primary N) is 1. The van der Waals surface area contributed by atoms with Crippen LogP contribution in [0.25, 0.3) is 0 Å². The van der Waals surface area contributed by atoms with Crippen molar-refractivity contribution < 1.29 is 19.5 Å². The molecule has 0 unspecified atom stereocenters. The summed E-state index contributed by atoms with van der Waals surface area (Å²) in [5.41, 5.74) is 3.49. The third-order valence-corrected chi connectivity index (χ3v) is 3.42. The standard InChI is InChI=1S/C12H21N3O4/c1-11(2,6-8(13)16)15-10(19)14-7-12(9(17)18)4-3-5-12/h3-7H2,1-2H3,(H2,13,16)(H,17,18)(H2,14,15,19). The first kappa shape index (κ1) is 15.3. The van der Waals surface area contributed by atoms with Crippen molar-refractivity contribution in [2.75, 3.05) is 6.54 Å². The molecule has 1 aliphatic rings. The Labute approximate surface area is 111 Å². The first-order chi connectivity index (χ1) is 8.67. The van der Waals surface area contributed by atoms with Crippen LogP contribution in [0.15, 0.2) is 0 Å². The Morgan fingerprint density at radius 2 is 1.89 bits per heavy atom. The number of hydrogen-bond acceptors (Lipinski definition) is 3. The van der Waals surface area contributed by atoms with Crippen LogP contribution in [-0.2, 0) is 9.59 Å². The molecule has 0 aromatic rings. The van der Waals surface area contributed by atoms with Crippen LogP contribution in [0.1, 0.15) is 39.5 Å². The molecule has 0 aliphatic heterocycles. The van der Waals surface area contributed by atoms with Gasteiger partial charge in [-0.15, -0.1) is 0 Å². The second kappa shape index (κ2) is 5.46. The van der Waals surface area contributed by atoms with Gasteiger partial charge in [-0.1, -0.05) is 6.42 Å². The van der Waals surface area contributed by atoms with E-state index in [2.05, 4.69) is 10.6 Å². The van der Waals surface area contributed by atoms with E-state index in [9.17, 15) is 14.4 Å². The lowest BCUT2D eigenvalue weighted by Crippen LogP contribution is -2.54. The smallest absolute Gasteiger partial charge is 0.315 e. The molecule has 7 heteroatoms. The van der Waals surface area contributed by atoms with Crippen LogP contribution in [0.2, 0.25) is 0 Å². The topological polar surface area (TPSA) is 122 Å². The van der Waals surface area contributed by atoms with Crippen molar-refractivity contribution in [3.05, 3.63) is 0 Å². The van der Waals surface area contributed by atoms with E-state index in [-0.39, 0.29) is 13.0 Å². The number of carboxylic acids is 1. The number of nitrogens with one attached hydrogen (secondary N) is 2. The van der Waals surface area contributed by atoms with Gasteiger partial charge in [0.1, 0.15) is 0 Å².